The number of hydrogen-bond acceptors (Lipinski definition) is 2. The van der Waals surface area contributed by atoms with E-state index >= 15 is 0 Å². The summed E-state index contributed by atoms with van der Waals surface area (Å²) in [5.41, 5.74) is 0.902. The number of allylic oxidation sites excluding steroid dienone is 2. The van der Waals surface area contributed by atoms with Crippen LogP contribution in [0.15, 0.2) is 11.6 Å². The number of fused-ring (bicyclic) bond motifs is 1. The second-order valence-electron chi connectivity index (χ2n) is 4.81. The molecule has 0 aliphatic heterocycles. The van der Waals surface area contributed by atoms with Crippen molar-refractivity contribution >= 4 is 11.6 Å². The van der Waals surface area contributed by atoms with Crippen LogP contribution in [0.3, 0.4) is 0 Å². The summed E-state index contributed by atoms with van der Waals surface area (Å²) in [7, 11) is 0. The van der Waals surface area contributed by atoms with Crippen LogP contribution in [0, 0.1) is 11.3 Å². The van der Waals surface area contributed by atoms with E-state index in [-0.39, 0.29) is 17.0 Å². The molecule has 0 amide bonds. The van der Waals surface area contributed by atoms with E-state index in [0.29, 0.717) is 25.2 Å². The van der Waals surface area contributed by atoms with Crippen molar-refractivity contribution in [3.05, 3.63) is 11.6 Å². The monoisotopic (exact) mass is 192 g/mol. The maximum absolute atomic E-state index is 11.7. The van der Waals surface area contributed by atoms with Gasteiger partial charge in [0.15, 0.2) is 5.78 Å². The van der Waals surface area contributed by atoms with Crippen molar-refractivity contribution in [2.45, 2.75) is 39.5 Å². The lowest BCUT2D eigenvalue weighted by molar-refractivity contribution is -0.118. The Balaban J connectivity index is 2.41. The minimum Gasteiger partial charge on any atom is -0.299 e. The van der Waals surface area contributed by atoms with Crippen LogP contribution in [0.25, 0.3) is 0 Å². The molecule has 0 N–H and O–H groups in total. The van der Waals surface area contributed by atoms with E-state index in [1.165, 1.54) is 0 Å². The Kier molecular flexibility index (Phi) is 2.09. The molecule has 0 bridgehead atoms. The van der Waals surface area contributed by atoms with Gasteiger partial charge in [-0.25, -0.2) is 0 Å². The molecular weight excluding hydrogens is 176 g/mol. The Morgan fingerprint density at radius 2 is 2.14 bits per heavy atom. The average Bonchev–Trinajstić information content (AvgIpc) is 2.27. The Bertz CT molecular complexity index is 327. The van der Waals surface area contributed by atoms with Gasteiger partial charge in [-0.3, -0.25) is 9.59 Å². The third-order valence-corrected chi connectivity index (χ3v) is 3.95. The van der Waals surface area contributed by atoms with Gasteiger partial charge in [0, 0.05) is 19.3 Å². The molecule has 0 aromatic heterocycles. The predicted octanol–water partition coefficient (Wildman–Crippen LogP) is 2.28. The number of carbonyl (C=O) groups is 2. The molecule has 2 aliphatic rings. The van der Waals surface area contributed by atoms with Crippen molar-refractivity contribution < 1.29 is 9.59 Å². The first kappa shape index (κ1) is 9.63. The standard InChI is InChI=1S/C12H16O2/c1-8-7-11(14)10-4-3-9(13)5-6-12(8,10)2/h4,8H,3,5-7H2,1-2H3/t8-,12+/m0/s1. The summed E-state index contributed by atoms with van der Waals surface area (Å²) in [6.45, 7) is 4.25. The summed E-state index contributed by atoms with van der Waals surface area (Å²) in [5.74, 6) is 0.926. The average molecular weight is 192 g/mol. The summed E-state index contributed by atoms with van der Waals surface area (Å²) in [5, 5.41) is 0. The largest absolute Gasteiger partial charge is 0.299 e. The highest BCUT2D eigenvalue weighted by atomic mass is 16.1. The van der Waals surface area contributed by atoms with Gasteiger partial charge in [0.2, 0.25) is 0 Å². The van der Waals surface area contributed by atoms with Crippen LogP contribution in [0.1, 0.15) is 39.5 Å². The Hall–Kier alpha value is -0.920. The van der Waals surface area contributed by atoms with Crippen LogP contribution in [-0.4, -0.2) is 11.6 Å². The molecule has 2 rings (SSSR count). The molecule has 1 fully saturated rings. The van der Waals surface area contributed by atoms with Crippen LogP contribution >= 0.6 is 0 Å². The van der Waals surface area contributed by atoms with Gasteiger partial charge in [-0.2, -0.15) is 0 Å². The molecule has 76 valence electrons. The molecular formula is C12H16O2. The second-order valence-corrected chi connectivity index (χ2v) is 4.81. The highest BCUT2D eigenvalue weighted by molar-refractivity contribution is 6.00. The first-order valence-corrected chi connectivity index (χ1v) is 5.29. The van der Waals surface area contributed by atoms with Gasteiger partial charge in [0.25, 0.3) is 0 Å². The molecule has 1 saturated carbocycles. The van der Waals surface area contributed by atoms with Crippen molar-refractivity contribution in [1.82, 2.24) is 0 Å². The lowest BCUT2D eigenvalue weighted by Crippen LogP contribution is -2.21. The number of carbonyl (C=O) groups excluding carboxylic acids is 2. The highest BCUT2D eigenvalue weighted by Gasteiger charge is 2.45. The first-order valence-electron chi connectivity index (χ1n) is 5.29. The van der Waals surface area contributed by atoms with Gasteiger partial charge in [-0.1, -0.05) is 19.9 Å². The summed E-state index contributed by atoms with van der Waals surface area (Å²) in [4.78, 5) is 23.0. The Labute approximate surface area is 84.4 Å². The van der Waals surface area contributed by atoms with Gasteiger partial charge >= 0.3 is 0 Å². The van der Waals surface area contributed by atoms with Crippen molar-refractivity contribution in [2.75, 3.05) is 0 Å². The van der Waals surface area contributed by atoms with Gasteiger partial charge in [-0.15, -0.1) is 0 Å². The third-order valence-electron chi connectivity index (χ3n) is 3.95. The molecule has 2 nitrogen and oxygen atoms in total. The quantitative estimate of drug-likeness (QED) is 0.590. The molecule has 0 aromatic carbocycles. The summed E-state index contributed by atoms with van der Waals surface area (Å²) in [6, 6.07) is 0. The van der Waals surface area contributed by atoms with Gasteiger partial charge in [0.1, 0.15) is 5.78 Å². The fourth-order valence-electron chi connectivity index (χ4n) is 2.64. The molecule has 0 spiro atoms. The van der Waals surface area contributed by atoms with Crippen molar-refractivity contribution in [1.29, 1.82) is 0 Å². The predicted molar refractivity (Wildman–Crippen MR) is 53.8 cm³/mol. The molecule has 0 saturated heterocycles. The van der Waals surface area contributed by atoms with E-state index in [9.17, 15) is 9.59 Å². The number of rotatable bonds is 0. The zero-order valence-electron chi connectivity index (χ0n) is 8.80. The molecule has 2 heteroatoms. The minimum absolute atomic E-state index is 0.0246. The number of hydrogen-bond donors (Lipinski definition) is 0. The highest BCUT2D eigenvalue weighted by Crippen LogP contribution is 2.49. The first-order chi connectivity index (χ1) is 6.54. The van der Waals surface area contributed by atoms with E-state index in [2.05, 4.69) is 13.8 Å². The van der Waals surface area contributed by atoms with Crippen LogP contribution in [0.4, 0.5) is 0 Å². The summed E-state index contributed by atoms with van der Waals surface area (Å²) >= 11 is 0. The maximum Gasteiger partial charge on any atom is 0.159 e. The van der Waals surface area contributed by atoms with E-state index in [1.807, 2.05) is 6.08 Å². The van der Waals surface area contributed by atoms with Gasteiger partial charge < -0.3 is 0 Å². The Morgan fingerprint density at radius 1 is 1.43 bits per heavy atom. The minimum atomic E-state index is -0.0246. The van der Waals surface area contributed by atoms with Crippen LogP contribution in [0.2, 0.25) is 0 Å². The van der Waals surface area contributed by atoms with E-state index in [1.54, 1.807) is 0 Å². The van der Waals surface area contributed by atoms with Crippen molar-refractivity contribution in [3.8, 4) is 0 Å². The summed E-state index contributed by atoms with van der Waals surface area (Å²) in [6.07, 6.45) is 4.49. The molecule has 0 heterocycles. The molecule has 2 atom stereocenters. The van der Waals surface area contributed by atoms with Crippen LogP contribution in [-0.2, 0) is 9.59 Å². The maximum atomic E-state index is 11.7. The van der Waals surface area contributed by atoms with Crippen molar-refractivity contribution in [3.63, 3.8) is 0 Å². The van der Waals surface area contributed by atoms with E-state index < -0.39 is 0 Å². The molecule has 14 heavy (non-hydrogen) atoms. The molecule has 0 unspecified atom stereocenters. The smallest absolute Gasteiger partial charge is 0.159 e. The van der Waals surface area contributed by atoms with E-state index in [0.717, 1.165) is 12.0 Å². The summed E-state index contributed by atoms with van der Waals surface area (Å²) < 4.78 is 0. The lowest BCUT2D eigenvalue weighted by Gasteiger charge is -2.28. The van der Waals surface area contributed by atoms with Crippen LogP contribution in [0.5, 0.6) is 0 Å². The number of Topliss-reactive ketones (excluding diaryl/α,β-unsaturated/α-hetero) is 2. The zero-order chi connectivity index (χ0) is 10.3. The lowest BCUT2D eigenvalue weighted by atomic mass is 9.75. The van der Waals surface area contributed by atoms with Crippen molar-refractivity contribution in [2.24, 2.45) is 11.3 Å². The molecule has 0 radical (unpaired) electrons. The SMILES string of the molecule is C[C@H]1CC(=O)C2=CCC(=O)CC[C@@]21C. The Morgan fingerprint density at radius 3 is 2.86 bits per heavy atom. The second kappa shape index (κ2) is 3.04. The zero-order valence-corrected chi connectivity index (χ0v) is 8.80. The van der Waals surface area contributed by atoms with Gasteiger partial charge in [-0.05, 0) is 23.3 Å². The normalized spacial score (nSPS) is 37.9. The number of ketones is 2. The fraction of sp³-hybridized carbons (Fsp3) is 0.667. The topological polar surface area (TPSA) is 34.1 Å². The van der Waals surface area contributed by atoms with E-state index in [4.69, 9.17) is 0 Å². The fourth-order valence-corrected chi connectivity index (χ4v) is 2.64. The van der Waals surface area contributed by atoms with Gasteiger partial charge in [0.05, 0.1) is 0 Å². The molecule has 2 aliphatic carbocycles. The molecule has 0 aromatic rings. The third kappa shape index (κ3) is 1.24. The van der Waals surface area contributed by atoms with Crippen LogP contribution < -0.4 is 0 Å².